The first kappa shape index (κ1) is 9.99. The zero-order chi connectivity index (χ0) is 11.4. The van der Waals surface area contributed by atoms with Crippen LogP contribution in [0.4, 0.5) is 0 Å². The number of carbonyl (C=O) groups is 1. The SMILES string of the molecule is N#Cc1ccc(OC(=O)c2ccc[nH]2)cc1. The first-order valence-electron chi connectivity index (χ1n) is 4.65. The van der Waals surface area contributed by atoms with Gasteiger partial charge in [0.05, 0.1) is 11.6 Å². The average molecular weight is 212 g/mol. The van der Waals surface area contributed by atoms with E-state index in [0.29, 0.717) is 17.0 Å². The molecule has 0 aliphatic rings. The molecule has 2 aromatic rings. The van der Waals surface area contributed by atoms with E-state index in [2.05, 4.69) is 4.98 Å². The van der Waals surface area contributed by atoms with Crippen molar-refractivity contribution in [2.45, 2.75) is 0 Å². The number of nitrogens with zero attached hydrogens (tertiary/aromatic N) is 1. The van der Waals surface area contributed by atoms with Crippen molar-refractivity contribution in [3.05, 3.63) is 53.9 Å². The minimum absolute atomic E-state index is 0.393. The second kappa shape index (κ2) is 4.32. The van der Waals surface area contributed by atoms with Crippen molar-refractivity contribution in [3.8, 4) is 11.8 Å². The third kappa shape index (κ3) is 2.10. The highest BCUT2D eigenvalue weighted by Gasteiger charge is 2.08. The Bertz CT molecular complexity index is 521. The van der Waals surface area contributed by atoms with Crippen molar-refractivity contribution in [1.82, 2.24) is 4.98 Å². The van der Waals surface area contributed by atoms with E-state index in [-0.39, 0.29) is 0 Å². The number of carbonyl (C=O) groups excluding carboxylic acids is 1. The standard InChI is InChI=1S/C12H8N2O2/c13-8-9-3-5-10(6-4-9)16-12(15)11-2-1-7-14-11/h1-7,14H. The van der Waals surface area contributed by atoms with Gasteiger partial charge in [-0.25, -0.2) is 4.79 Å². The summed E-state index contributed by atoms with van der Waals surface area (Å²) in [7, 11) is 0. The van der Waals surface area contributed by atoms with Crippen LogP contribution < -0.4 is 4.74 Å². The molecule has 0 spiro atoms. The predicted octanol–water partition coefficient (Wildman–Crippen LogP) is 2.11. The van der Waals surface area contributed by atoms with Crippen LogP contribution in [0.3, 0.4) is 0 Å². The third-order valence-electron chi connectivity index (χ3n) is 2.01. The molecule has 0 aliphatic carbocycles. The average Bonchev–Trinajstić information content (AvgIpc) is 2.83. The van der Waals surface area contributed by atoms with Gasteiger partial charge in [0.25, 0.3) is 0 Å². The Morgan fingerprint density at radius 2 is 2.00 bits per heavy atom. The monoisotopic (exact) mass is 212 g/mol. The fraction of sp³-hybridized carbons (Fsp3) is 0. The number of benzene rings is 1. The van der Waals surface area contributed by atoms with Gasteiger partial charge in [-0.3, -0.25) is 0 Å². The lowest BCUT2D eigenvalue weighted by molar-refractivity contribution is 0.0729. The number of nitrogens with one attached hydrogen (secondary N) is 1. The summed E-state index contributed by atoms with van der Waals surface area (Å²) in [5.41, 5.74) is 0.920. The van der Waals surface area contributed by atoms with Crippen LogP contribution in [-0.4, -0.2) is 11.0 Å². The summed E-state index contributed by atoms with van der Waals surface area (Å²) in [6.07, 6.45) is 1.65. The largest absolute Gasteiger partial charge is 0.422 e. The van der Waals surface area contributed by atoms with Crippen molar-refractivity contribution in [2.24, 2.45) is 0 Å². The number of rotatable bonds is 2. The minimum atomic E-state index is -0.449. The third-order valence-corrected chi connectivity index (χ3v) is 2.01. The van der Waals surface area contributed by atoms with Crippen LogP contribution in [0.15, 0.2) is 42.6 Å². The predicted molar refractivity (Wildman–Crippen MR) is 56.9 cm³/mol. The molecule has 4 heteroatoms. The van der Waals surface area contributed by atoms with Crippen molar-refractivity contribution in [1.29, 1.82) is 5.26 Å². The molecule has 1 aromatic heterocycles. The maximum Gasteiger partial charge on any atom is 0.360 e. The molecule has 0 unspecified atom stereocenters. The maximum atomic E-state index is 11.5. The van der Waals surface area contributed by atoms with Gasteiger partial charge >= 0.3 is 5.97 Å². The van der Waals surface area contributed by atoms with Gasteiger partial charge < -0.3 is 9.72 Å². The summed E-state index contributed by atoms with van der Waals surface area (Å²) >= 11 is 0. The van der Waals surface area contributed by atoms with Gasteiger partial charge in [0.2, 0.25) is 0 Å². The zero-order valence-corrected chi connectivity index (χ0v) is 8.31. The van der Waals surface area contributed by atoms with Gasteiger partial charge in [0.15, 0.2) is 0 Å². The molecule has 0 bridgehead atoms. The Balaban J connectivity index is 2.10. The van der Waals surface area contributed by atoms with E-state index < -0.39 is 5.97 Å². The molecule has 2 rings (SSSR count). The van der Waals surface area contributed by atoms with E-state index in [9.17, 15) is 4.79 Å². The normalized spacial score (nSPS) is 9.44. The fourth-order valence-corrected chi connectivity index (χ4v) is 1.22. The highest BCUT2D eigenvalue weighted by Crippen LogP contribution is 2.13. The van der Waals surface area contributed by atoms with E-state index in [4.69, 9.17) is 10.00 Å². The Labute approximate surface area is 92.1 Å². The number of nitriles is 1. The summed E-state index contributed by atoms with van der Waals surface area (Å²) in [6, 6.07) is 11.7. The summed E-state index contributed by atoms with van der Waals surface area (Å²) in [5.74, 6) is -0.0340. The molecule has 1 heterocycles. The number of esters is 1. The lowest BCUT2D eigenvalue weighted by Crippen LogP contribution is -2.08. The number of H-pyrrole nitrogens is 1. The number of hydrogen-bond donors (Lipinski definition) is 1. The van der Waals surface area contributed by atoms with Crippen LogP contribution in [0.5, 0.6) is 5.75 Å². The van der Waals surface area contributed by atoms with E-state index in [1.54, 1.807) is 42.6 Å². The Hall–Kier alpha value is -2.54. The summed E-state index contributed by atoms with van der Waals surface area (Å²) in [6.45, 7) is 0. The van der Waals surface area contributed by atoms with Crippen LogP contribution in [0.2, 0.25) is 0 Å². The van der Waals surface area contributed by atoms with E-state index >= 15 is 0 Å². The van der Waals surface area contributed by atoms with Crippen LogP contribution in [-0.2, 0) is 0 Å². The number of aromatic amines is 1. The molecule has 0 fully saturated rings. The quantitative estimate of drug-likeness (QED) is 0.612. The van der Waals surface area contributed by atoms with Crippen LogP contribution in [0, 0.1) is 11.3 Å². The number of aromatic nitrogens is 1. The molecule has 0 radical (unpaired) electrons. The second-order valence-corrected chi connectivity index (χ2v) is 3.11. The van der Waals surface area contributed by atoms with Crippen molar-refractivity contribution in [3.63, 3.8) is 0 Å². The Morgan fingerprint density at radius 3 is 2.56 bits per heavy atom. The molecular weight excluding hydrogens is 204 g/mol. The molecule has 0 amide bonds. The lowest BCUT2D eigenvalue weighted by Gasteiger charge is -2.02. The number of ether oxygens (including phenoxy) is 1. The molecule has 16 heavy (non-hydrogen) atoms. The van der Waals surface area contributed by atoms with Gasteiger partial charge in [0, 0.05) is 6.20 Å². The van der Waals surface area contributed by atoms with E-state index in [1.807, 2.05) is 6.07 Å². The van der Waals surface area contributed by atoms with Crippen LogP contribution in [0.25, 0.3) is 0 Å². The van der Waals surface area contributed by atoms with Gasteiger partial charge in [-0.05, 0) is 36.4 Å². The summed E-state index contributed by atoms with van der Waals surface area (Å²) in [5, 5.41) is 8.60. The Kier molecular flexibility index (Phi) is 2.70. The topological polar surface area (TPSA) is 65.9 Å². The first-order valence-corrected chi connectivity index (χ1v) is 4.65. The van der Waals surface area contributed by atoms with Gasteiger partial charge in [-0.15, -0.1) is 0 Å². The molecule has 1 N–H and O–H groups in total. The molecule has 0 aliphatic heterocycles. The van der Waals surface area contributed by atoms with Gasteiger partial charge in [0.1, 0.15) is 11.4 Å². The zero-order valence-electron chi connectivity index (χ0n) is 8.31. The summed E-state index contributed by atoms with van der Waals surface area (Å²) < 4.78 is 5.08. The highest BCUT2D eigenvalue weighted by molar-refractivity contribution is 5.89. The van der Waals surface area contributed by atoms with Crippen molar-refractivity contribution < 1.29 is 9.53 Å². The van der Waals surface area contributed by atoms with E-state index in [0.717, 1.165) is 0 Å². The van der Waals surface area contributed by atoms with Crippen LogP contribution in [0.1, 0.15) is 16.1 Å². The molecule has 0 atom stereocenters. The smallest absolute Gasteiger partial charge is 0.360 e. The highest BCUT2D eigenvalue weighted by atomic mass is 16.5. The van der Waals surface area contributed by atoms with Crippen molar-refractivity contribution >= 4 is 5.97 Å². The first-order chi connectivity index (χ1) is 7.79. The fourth-order valence-electron chi connectivity index (χ4n) is 1.22. The van der Waals surface area contributed by atoms with E-state index in [1.165, 1.54) is 0 Å². The maximum absolute atomic E-state index is 11.5. The summed E-state index contributed by atoms with van der Waals surface area (Å²) in [4.78, 5) is 14.3. The second-order valence-electron chi connectivity index (χ2n) is 3.11. The molecular formula is C12H8N2O2. The van der Waals surface area contributed by atoms with Gasteiger partial charge in [-0.2, -0.15) is 5.26 Å². The minimum Gasteiger partial charge on any atom is -0.422 e. The molecule has 1 aromatic carbocycles. The molecule has 0 saturated carbocycles. The van der Waals surface area contributed by atoms with Crippen molar-refractivity contribution in [2.75, 3.05) is 0 Å². The lowest BCUT2D eigenvalue weighted by atomic mass is 10.2. The van der Waals surface area contributed by atoms with Gasteiger partial charge in [-0.1, -0.05) is 0 Å². The van der Waals surface area contributed by atoms with Crippen LogP contribution >= 0.6 is 0 Å². The number of hydrogen-bond acceptors (Lipinski definition) is 3. The Morgan fingerprint density at radius 1 is 1.25 bits per heavy atom. The molecule has 4 nitrogen and oxygen atoms in total. The molecule has 78 valence electrons. The molecule has 0 saturated heterocycles.